The number of fused-ring (bicyclic) bond motifs is 16. The first-order valence-corrected chi connectivity index (χ1v) is 27.9. The summed E-state index contributed by atoms with van der Waals surface area (Å²) in [5, 5.41) is 73.0. The van der Waals surface area contributed by atoms with Crippen LogP contribution in [0.5, 0.6) is 23.0 Å². The zero-order valence-electron chi connectivity index (χ0n) is 45.3. The Morgan fingerprint density at radius 2 is 0.545 bits per heavy atom. The van der Waals surface area contributed by atoms with Crippen LogP contribution in [0.4, 0.5) is 22.7 Å². The van der Waals surface area contributed by atoms with Gasteiger partial charge in [0.2, 0.25) is 0 Å². The monoisotopic (exact) mass is 1160 g/mol. The topological polar surface area (TPSA) is 303 Å². The summed E-state index contributed by atoms with van der Waals surface area (Å²) in [6.07, 6.45) is 6.16. The molecule has 0 fully saturated rings. The van der Waals surface area contributed by atoms with E-state index in [0.29, 0.717) is 45.7 Å². The number of anilines is 4. The Morgan fingerprint density at radius 3 is 0.784 bits per heavy atom. The molecule has 0 radical (unpaired) electrons. The van der Waals surface area contributed by atoms with E-state index < -0.39 is 70.6 Å². The standard InChI is InChI=1S/C68H42N8O12/c77-45-25-41-65(85-49-13-5-1-9-29(49)69-41)57(61(45)81)53-33-17-19-35(73-33)54(58-62(82)46(78)26-42-66(58)86-50-14-6-2-10-30(50)70-42)37-21-23-39(75-37)56(60-64(84)48(80)28-44-68(60)88-52-16-8-4-12-32(52)72-44)40-24-22-38(76-40)55(36-20-18-34(53)74-36)59-63(83)47(79)27-43-67(59)87-51-15-7-3-11-31(51)71-43/h1-28,65-73,76,81-84H/p-4. The first-order chi connectivity index (χ1) is 42.9. The van der Waals surface area contributed by atoms with Crippen molar-refractivity contribution < 1.29 is 58.6 Å². The Hall–Kier alpha value is -12.3. The Bertz CT molecular complexity index is 4430. The van der Waals surface area contributed by atoms with Gasteiger partial charge in [0, 0.05) is 90.9 Å². The number of nitrogens with zero attached hydrogens (tertiary/aromatic N) is 2. The molecule has 426 valence electrons. The van der Waals surface area contributed by atoms with Crippen LogP contribution in [0.3, 0.4) is 0 Å². The summed E-state index contributed by atoms with van der Waals surface area (Å²) < 4.78 is 26.6. The normalized spacial score (nSPS) is 20.8. The molecule has 7 aromatic rings. The van der Waals surface area contributed by atoms with Crippen molar-refractivity contribution in [1.82, 2.24) is 19.9 Å². The number of ether oxygens (including phenoxy) is 4. The van der Waals surface area contributed by atoms with Crippen molar-refractivity contribution in [3.63, 3.8) is 0 Å². The van der Waals surface area contributed by atoms with Gasteiger partial charge >= 0.3 is 0 Å². The molecule has 4 atom stereocenters. The lowest BCUT2D eigenvalue weighted by Crippen LogP contribution is -2.37. The fourth-order valence-electron chi connectivity index (χ4n) is 12.8. The maximum absolute atomic E-state index is 15.0. The van der Waals surface area contributed by atoms with Crippen molar-refractivity contribution in [3.05, 3.63) is 236 Å². The Labute approximate surface area is 496 Å². The lowest BCUT2D eigenvalue weighted by Gasteiger charge is -2.37. The smallest absolute Gasteiger partial charge is 0.173 e. The van der Waals surface area contributed by atoms with Crippen molar-refractivity contribution in [2.24, 2.45) is 0 Å². The summed E-state index contributed by atoms with van der Waals surface area (Å²) in [5.41, 5.74) is 3.75. The van der Waals surface area contributed by atoms with Gasteiger partial charge in [-0.25, -0.2) is 9.97 Å². The molecule has 88 heavy (non-hydrogen) atoms. The van der Waals surface area contributed by atoms with Gasteiger partial charge < -0.3 is 70.6 Å². The lowest BCUT2D eigenvalue weighted by atomic mass is 9.88. The average molecular weight is 1160 g/mol. The minimum Gasteiger partial charge on any atom is -0.870 e. The van der Waals surface area contributed by atoms with Gasteiger partial charge in [-0.05, 0) is 97.1 Å². The number of benzene rings is 4. The summed E-state index contributed by atoms with van der Waals surface area (Å²) >= 11 is 0. The number of H-pyrrole nitrogens is 2. The Morgan fingerprint density at radius 1 is 0.318 bits per heavy atom. The molecule has 0 spiro atoms. The number of hydrogen-bond acceptors (Lipinski definition) is 18. The van der Waals surface area contributed by atoms with Gasteiger partial charge in [0.25, 0.3) is 0 Å². The van der Waals surface area contributed by atoms with Crippen LogP contribution in [0, 0.1) is 0 Å². The number of hydrogen-bond donors (Lipinski definition) is 6. The summed E-state index contributed by atoms with van der Waals surface area (Å²) in [7, 11) is 0. The van der Waals surface area contributed by atoms with Gasteiger partial charge in [-0.15, -0.1) is 0 Å². The highest BCUT2D eigenvalue weighted by Crippen LogP contribution is 2.49. The first kappa shape index (κ1) is 50.2. The summed E-state index contributed by atoms with van der Waals surface area (Å²) in [6, 6.07) is 34.5. The number of allylic oxidation sites excluding steroid dienone is 4. The second-order valence-electron chi connectivity index (χ2n) is 21.8. The Kier molecular flexibility index (Phi) is 10.6. The number of aromatic nitrogens is 4. The molecule has 20 nitrogen and oxygen atoms in total. The van der Waals surface area contributed by atoms with Crippen LogP contribution in [0.25, 0.3) is 68.7 Å². The van der Waals surface area contributed by atoms with Gasteiger partial charge in [0.15, 0.2) is 47.5 Å². The zero-order chi connectivity index (χ0) is 59.4. The molecule has 3 aromatic heterocycles. The highest BCUT2D eigenvalue weighted by Gasteiger charge is 2.41. The number of carbonyl (C=O) groups excluding carboxylic acids is 4. The van der Waals surface area contributed by atoms with Crippen LogP contribution >= 0.6 is 0 Å². The third-order valence-electron chi connectivity index (χ3n) is 16.7. The molecule has 0 saturated carbocycles. The third kappa shape index (κ3) is 7.51. The molecule has 10 aliphatic rings. The van der Waals surface area contributed by atoms with E-state index in [0.717, 1.165) is 0 Å². The van der Waals surface area contributed by atoms with Crippen LogP contribution < -0.4 is 60.6 Å². The van der Waals surface area contributed by atoms with Crippen molar-refractivity contribution in [1.29, 1.82) is 0 Å². The number of nitrogens with one attached hydrogen (secondary N) is 6. The molecule has 4 aliphatic carbocycles. The van der Waals surface area contributed by atoms with Gasteiger partial charge in [0.05, 0.1) is 68.3 Å². The second-order valence-corrected chi connectivity index (χ2v) is 21.8. The first-order valence-electron chi connectivity index (χ1n) is 27.9. The minimum atomic E-state index is -1.24. The van der Waals surface area contributed by atoms with Crippen molar-refractivity contribution in [2.45, 2.75) is 24.4 Å². The zero-order valence-corrected chi connectivity index (χ0v) is 45.3. The molecule has 0 amide bonds. The van der Waals surface area contributed by atoms with Gasteiger partial charge in [-0.3, -0.25) is 19.2 Å². The van der Waals surface area contributed by atoms with Crippen LogP contribution in [0.1, 0.15) is 45.0 Å². The number of rotatable bonds is 4. The molecule has 8 bridgehead atoms. The Balaban J connectivity index is 1.00. The van der Waals surface area contributed by atoms with E-state index in [9.17, 15) is 39.6 Å². The minimum absolute atomic E-state index is 0.0584. The highest BCUT2D eigenvalue weighted by atomic mass is 16.5. The number of para-hydroxylation sites is 8. The molecule has 9 heterocycles. The summed E-state index contributed by atoms with van der Waals surface area (Å²) in [5.74, 6) is -5.76. The van der Waals surface area contributed by atoms with E-state index in [-0.39, 0.29) is 112 Å². The van der Waals surface area contributed by atoms with E-state index in [1.807, 2.05) is 0 Å². The molecule has 4 unspecified atom stereocenters. The second kappa shape index (κ2) is 18.6. The fourth-order valence-corrected chi connectivity index (χ4v) is 12.8. The maximum atomic E-state index is 15.0. The maximum Gasteiger partial charge on any atom is 0.173 e. The molecule has 6 aliphatic heterocycles. The van der Waals surface area contributed by atoms with Crippen LogP contribution in [-0.4, -0.2) is 67.5 Å². The molecule has 4 aromatic carbocycles. The van der Waals surface area contributed by atoms with Crippen LogP contribution in [0.15, 0.2) is 191 Å². The molecular weight excluding hydrogens is 1120 g/mol. The lowest BCUT2D eigenvalue weighted by molar-refractivity contribution is -0.297. The predicted octanol–water partition coefficient (Wildman–Crippen LogP) is 6.30. The third-order valence-corrected chi connectivity index (χ3v) is 16.7. The van der Waals surface area contributed by atoms with Gasteiger partial charge in [-0.2, -0.15) is 0 Å². The van der Waals surface area contributed by atoms with E-state index in [2.05, 4.69) is 31.2 Å². The van der Waals surface area contributed by atoms with E-state index in [1.165, 1.54) is 24.3 Å². The largest absolute Gasteiger partial charge is 0.870 e. The number of ketones is 4. The van der Waals surface area contributed by atoms with E-state index in [1.54, 1.807) is 146 Å². The summed E-state index contributed by atoms with van der Waals surface area (Å²) in [4.78, 5) is 74.0. The van der Waals surface area contributed by atoms with Crippen LogP contribution in [0.2, 0.25) is 0 Å². The average Bonchev–Trinajstić information content (AvgIpc) is 1.96. The van der Waals surface area contributed by atoms with E-state index >= 15 is 0 Å². The molecule has 6 N–H and O–H groups in total. The molecule has 0 saturated heterocycles. The molecule has 20 heteroatoms. The van der Waals surface area contributed by atoms with Crippen molar-refractivity contribution >= 4 is 115 Å². The van der Waals surface area contributed by atoms with Gasteiger partial charge in [-0.1, -0.05) is 71.6 Å². The quantitative estimate of drug-likeness (QED) is 0.113. The predicted molar refractivity (Wildman–Crippen MR) is 317 cm³/mol. The van der Waals surface area contributed by atoms with Gasteiger partial charge in [0.1, 0.15) is 23.0 Å². The fraction of sp³-hybridized carbons (Fsp3) is 0.0588. The number of carbonyl (C=O) groups is 4. The SMILES string of the molecule is O=C1C=C2Nc3ccccc3OC2C(c2c3nc(c(C4=C([O-])C(=O)C=C5Nc6ccccc6OC54)c4ccc([nH]4)c(C4=C([O-])C(=O)C=C5Nc6ccccc6OC54)c4nc(c(C5=C([O-])C(=O)C=C6Nc7ccccc7OC65)c5ccc2[nH]5)C=C4)C=C3)=C1[O-]. The van der Waals surface area contributed by atoms with E-state index in [4.69, 9.17) is 28.9 Å². The molecular formula is C68H38N8O12-4. The van der Waals surface area contributed by atoms with Crippen LogP contribution in [-0.2, 0) is 19.2 Å². The summed E-state index contributed by atoms with van der Waals surface area (Å²) in [6.45, 7) is 0. The van der Waals surface area contributed by atoms with Crippen molar-refractivity contribution in [3.8, 4) is 23.0 Å². The molecule has 17 rings (SSSR count). The highest BCUT2D eigenvalue weighted by molar-refractivity contribution is 6.17. The van der Waals surface area contributed by atoms with Crippen molar-refractivity contribution in [2.75, 3.05) is 21.3 Å². The number of aromatic amines is 2.